The van der Waals surface area contributed by atoms with Crippen LogP contribution in [-0.2, 0) is 17.8 Å². The summed E-state index contributed by atoms with van der Waals surface area (Å²) in [6.45, 7) is 6.87. The zero-order valence-electron chi connectivity index (χ0n) is 17.8. The molecule has 1 aliphatic rings. The van der Waals surface area contributed by atoms with E-state index in [9.17, 15) is 9.59 Å². The predicted octanol–water partition coefficient (Wildman–Crippen LogP) is 3.35. The summed E-state index contributed by atoms with van der Waals surface area (Å²) in [5.74, 6) is 0.438. The second kappa shape index (κ2) is 9.32. The quantitative estimate of drug-likeness (QED) is 0.661. The molecule has 7 nitrogen and oxygen atoms in total. The number of anilines is 1. The van der Waals surface area contributed by atoms with E-state index in [0.29, 0.717) is 5.76 Å². The summed E-state index contributed by atoms with van der Waals surface area (Å²) in [6, 6.07) is 16.1. The highest BCUT2D eigenvalue weighted by Gasteiger charge is 2.23. The van der Waals surface area contributed by atoms with Crippen molar-refractivity contribution in [2.24, 2.45) is 0 Å². The third-order valence-corrected chi connectivity index (χ3v) is 5.27. The number of morpholine rings is 1. The summed E-state index contributed by atoms with van der Waals surface area (Å²) in [4.78, 5) is 27.0. The summed E-state index contributed by atoms with van der Waals surface area (Å²) >= 11 is 0. The van der Waals surface area contributed by atoms with Gasteiger partial charge in [-0.3, -0.25) is 14.5 Å². The molecule has 2 atom stereocenters. The van der Waals surface area contributed by atoms with E-state index in [1.165, 1.54) is 10.6 Å². The monoisotopic (exact) mass is 421 g/mol. The maximum Gasteiger partial charge on any atom is 0.291 e. The van der Waals surface area contributed by atoms with Crippen molar-refractivity contribution in [3.63, 3.8) is 0 Å². The maximum atomic E-state index is 12.8. The van der Waals surface area contributed by atoms with Crippen molar-refractivity contribution in [1.82, 2.24) is 9.47 Å². The van der Waals surface area contributed by atoms with Crippen LogP contribution in [0.5, 0.6) is 0 Å². The molecular formula is C24H27N3O4. The van der Waals surface area contributed by atoms with Crippen LogP contribution in [0.15, 0.2) is 70.0 Å². The first-order valence-corrected chi connectivity index (χ1v) is 10.5. The number of nitrogens with zero attached hydrogens (tertiary/aromatic N) is 2. The summed E-state index contributed by atoms with van der Waals surface area (Å²) in [5, 5.41) is 2.97. The molecule has 162 valence electrons. The number of furan rings is 1. The van der Waals surface area contributed by atoms with E-state index in [2.05, 4.69) is 24.1 Å². The molecular weight excluding hydrogens is 394 g/mol. The molecule has 1 fully saturated rings. The molecule has 1 aromatic carbocycles. The first-order chi connectivity index (χ1) is 15.0. The van der Waals surface area contributed by atoms with Crippen molar-refractivity contribution in [3.8, 4) is 0 Å². The van der Waals surface area contributed by atoms with Gasteiger partial charge in [0.1, 0.15) is 5.76 Å². The Morgan fingerprint density at radius 2 is 1.74 bits per heavy atom. The van der Waals surface area contributed by atoms with Gasteiger partial charge in [-0.25, -0.2) is 0 Å². The third-order valence-electron chi connectivity index (χ3n) is 5.27. The molecule has 7 heteroatoms. The Kier molecular flexibility index (Phi) is 6.34. The molecule has 1 aliphatic heterocycles. The Morgan fingerprint density at radius 1 is 1.00 bits per heavy atom. The van der Waals surface area contributed by atoms with Crippen LogP contribution in [0.3, 0.4) is 0 Å². The van der Waals surface area contributed by atoms with Crippen LogP contribution in [0.2, 0.25) is 0 Å². The van der Waals surface area contributed by atoms with Gasteiger partial charge in [0.25, 0.3) is 11.5 Å². The summed E-state index contributed by atoms with van der Waals surface area (Å²) in [5.41, 5.74) is 1.68. The van der Waals surface area contributed by atoms with Gasteiger partial charge >= 0.3 is 0 Å². The second-order valence-electron chi connectivity index (χ2n) is 8.00. The highest BCUT2D eigenvalue weighted by Crippen LogP contribution is 2.21. The number of hydrogen-bond acceptors (Lipinski definition) is 5. The summed E-state index contributed by atoms with van der Waals surface area (Å²) in [7, 11) is 0. The lowest BCUT2D eigenvalue weighted by Crippen LogP contribution is -2.44. The molecule has 1 amide bonds. The summed E-state index contributed by atoms with van der Waals surface area (Å²) in [6.07, 6.45) is 2.06. The van der Waals surface area contributed by atoms with Crippen molar-refractivity contribution >= 4 is 11.6 Å². The lowest BCUT2D eigenvalue weighted by molar-refractivity contribution is -0.0704. The molecule has 3 heterocycles. The van der Waals surface area contributed by atoms with E-state index >= 15 is 0 Å². The Bertz CT molecular complexity index is 1090. The average molecular weight is 421 g/mol. The Labute approximate surface area is 181 Å². The molecule has 4 rings (SSSR count). The first kappa shape index (κ1) is 21.1. The number of carbonyl (C=O) groups excluding carboxylic acids is 1. The minimum Gasteiger partial charge on any atom is -0.454 e. The number of rotatable bonds is 6. The van der Waals surface area contributed by atoms with Gasteiger partial charge in [-0.1, -0.05) is 24.3 Å². The van der Waals surface area contributed by atoms with Crippen LogP contribution >= 0.6 is 0 Å². The number of aromatic nitrogens is 1. The molecule has 0 aliphatic carbocycles. The van der Waals surface area contributed by atoms with Crippen LogP contribution in [0.1, 0.15) is 35.7 Å². The number of carbonyl (C=O) groups is 1. The minimum absolute atomic E-state index is 0.120. The van der Waals surface area contributed by atoms with Crippen LogP contribution < -0.4 is 10.9 Å². The van der Waals surface area contributed by atoms with Gasteiger partial charge in [-0.05, 0) is 43.7 Å². The average Bonchev–Trinajstić information content (AvgIpc) is 3.19. The molecule has 31 heavy (non-hydrogen) atoms. The van der Waals surface area contributed by atoms with Gasteiger partial charge in [0.05, 0.1) is 18.8 Å². The van der Waals surface area contributed by atoms with E-state index in [1.54, 1.807) is 30.5 Å². The SMILES string of the molecule is CC1CN(Cc2ccccc2NC(=O)c2ccc(Cn3ccccc3=O)o2)CC(C)O1. The lowest BCUT2D eigenvalue weighted by atomic mass is 10.1. The highest BCUT2D eigenvalue weighted by molar-refractivity contribution is 6.02. The van der Waals surface area contributed by atoms with Crippen molar-refractivity contribution in [2.45, 2.75) is 39.1 Å². The standard InChI is InChI=1S/C24H27N3O4/c1-17-13-26(14-18(2)30-17)15-19-7-3-4-8-21(19)25-24(29)22-11-10-20(31-22)16-27-12-6-5-9-23(27)28/h3-12,17-18H,13-16H2,1-2H3,(H,25,29). The number of ether oxygens (including phenoxy) is 1. The number of amides is 1. The van der Waals surface area contributed by atoms with Crippen molar-refractivity contribution in [2.75, 3.05) is 18.4 Å². The van der Waals surface area contributed by atoms with E-state index < -0.39 is 0 Å². The zero-order valence-corrected chi connectivity index (χ0v) is 17.8. The molecule has 0 spiro atoms. The van der Waals surface area contributed by atoms with Crippen LogP contribution in [0, 0.1) is 0 Å². The molecule has 1 N–H and O–H groups in total. The largest absolute Gasteiger partial charge is 0.454 e. The van der Waals surface area contributed by atoms with Crippen molar-refractivity contribution in [1.29, 1.82) is 0 Å². The molecule has 1 saturated heterocycles. The number of benzene rings is 1. The minimum atomic E-state index is -0.317. The van der Waals surface area contributed by atoms with Gasteiger partial charge in [0.2, 0.25) is 0 Å². The fourth-order valence-corrected chi connectivity index (χ4v) is 3.96. The fourth-order valence-electron chi connectivity index (χ4n) is 3.96. The normalized spacial score (nSPS) is 19.3. The number of hydrogen-bond donors (Lipinski definition) is 1. The van der Waals surface area contributed by atoms with E-state index in [0.717, 1.165) is 30.9 Å². The number of para-hydroxylation sites is 1. The van der Waals surface area contributed by atoms with Gasteiger partial charge < -0.3 is 19.0 Å². The second-order valence-corrected chi connectivity index (χ2v) is 8.00. The van der Waals surface area contributed by atoms with Gasteiger partial charge in [0.15, 0.2) is 5.76 Å². The maximum absolute atomic E-state index is 12.8. The number of pyridine rings is 1. The molecule has 2 aromatic heterocycles. The van der Waals surface area contributed by atoms with Gasteiger partial charge in [-0.2, -0.15) is 0 Å². The topological polar surface area (TPSA) is 76.7 Å². The Hall–Kier alpha value is -3.16. The molecule has 0 bridgehead atoms. The molecule has 3 aromatic rings. The van der Waals surface area contributed by atoms with Crippen LogP contribution in [0.4, 0.5) is 5.69 Å². The third kappa shape index (κ3) is 5.31. The summed E-state index contributed by atoms with van der Waals surface area (Å²) < 4.78 is 13.0. The Morgan fingerprint density at radius 3 is 2.52 bits per heavy atom. The molecule has 0 saturated carbocycles. The zero-order chi connectivity index (χ0) is 21.8. The van der Waals surface area contributed by atoms with Gasteiger partial charge in [0, 0.05) is 37.6 Å². The highest BCUT2D eigenvalue weighted by atomic mass is 16.5. The Balaban J connectivity index is 1.44. The molecule has 2 unspecified atom stereocenters. The fraction of sp³-hybridized carbons (Fsp3) is 0.333. The lowest BCUT2D eigenvalue weighted by Gasteiger charge is -2.35. The smallest absolute Gasteiger partial charge is 0.291 e. The van der Waals surface area contributed by atoms with E-state index in [1.807, 2.05) is 24.3 Å². The predicted molar refractivity (Wildman–Crippen MR) is 118 cm³/mol. The van der Waals surface area contributed by atoms with E-state index in [4.69, 9.17) is 9.15 Å². The molecule has 0 radical (unpaired) electrons. The van der Waals surface area contributed by atoms with Crippen molar-refractivity contribution < 1.29 is 13.9 Å². The first-order valence-electron chi connectivity index (χ1n) is 10.5. The number of nitrogens with one attached hydrogen (secondary N) is 1. The van der Waals surface area contributed by atoms with Crippen LogP contribution in [0.25, 0.3) is 0 Å². The van der Waals surface area contributed by atoms with Crippen molar-refractivity contribution in [3.05, 3.63) is 88.2 Å². The van der Waals surface area contributed by atoms with Gasteiger partial charge in [-0.15, -0.1) is 0 Å². The van der Waals surface area contributed by atoms with E-state index in [-0.39, 0.29) is 36.0 Å². The van der Waals surface area contributed by atoms with Crippen LogP contribution in [-0.4, -0.2) is 40.7 Å².